The van der Waals surface area contributed by atoms with E-state index in [1.54, 1.807) is 23.3 Å². The molecule has 0 saturated heterocycles. The summed E-state index contributed by atoms with van der Waals surface area (Å²) in [4.78, 5) is 16.3. The molecule has 0 fully saturated rings. The topological polar surface area (TPSA) is 59.8 Å². The van der Waals surface area contributed by atoms with Crippen molar-refractivity contribution >= 4 is 5.91 Å². The molecule has 1 amide bonds. The summed E-state index contributed by atoms with van der Waals surface area (Å²) in [6.07, 6.45) is 5.76. The molecule has 0 unspecified atom stereocenters. The lowest BCUT2D eigenvalue weighted by atomic mass is 10.2. The number of rotatable bonds is 5. The minimum Gasteiger partial charge on any atom is -0.352 e. The first kappa shape index (κ1) is 14.0. The van der Waals surface area contributed by atoms with Crippen molar-refractivity contribution in [3.05, 3.63) is 78.4 Å². The second-order valence-electron chi connectivity index (χ2n) is 4.84. The number of amides is 1. The molecule has 5 nitrogen and oxygen atoms in total. The summed E-state index contributed by atoms with van der Waals surface area (Å²) in [6.45, 7) is 0.548. The van der Waals surface area contributed by atoms with E-state index in [-0.39, 0.29) is 5.91 Å². The van der Waals surface area contributed by atoms with Crippen LogP contribution in [0.25, 0.3) is 5.69 Å². The van der Waals surface area contributed by atoms with Gasteiger partial charge in [-0.2, -0.15) is 5.10 Å². The molecule has 22 heavy (non-hydrogen) atoms. The molecule has 3 rings (SSSR count). The smallest absolute Gasteiger partial charge is 0.254 e. The zero-order valence-corrected chi connectivity index (χ0v) is 12.0. The van der Waals surface area contributed by atoms with Gasteiger partial charge in [-0.1, -0.05) is 24.3 Å². The van der Waals surface area contributed by atoms with Gasteiger partial charge in [-0.25, -0.2) is 4.68 Å². The van der Waals surface area contributed by atoms with Crippen molar-refractivity contribution in [2.45, 2.75) is 6.42 Å². The predicted octanol–water partition coefficient (Wildman–Crippen LogP) is 2.24. The number of benzene rings is 1. The highest BCUT2D eigenvalue weighted by Crippen LogP contribution is 2.07. The maximum Gasteiger partial charge on any atom is 0.254 e. The molecule has 2 heterocycles. The van der Waals surface area contributed by atoms with Crippen molar-refractivity contribution in [2.75, 3.05) is 6.54 Å². The third kappa shape index (κ3) is 3.38. The van der Waals surface area contributed by atoms with Crippen molar-refractivity contribution in [1.82, 2.24) is 20.1 Å². The molecule has 1 N–H and O–H groups in total. The van der Waals surface area contributed by atoms with E-state index in [0.717, 1.165) is 11.4 Å². The summed E-state index contributed by atoms with van der Waals surface area (Å²) in [5.41, 5.74) is 2.43. The van der Waals surface area contributed by atoms with Crippen LogP contribution in [0.3, 0.4) is 0 Å². The SMILES string of the molecule is O=C(NCCc1ccccn1)c1cnn(-c2ccccc2)c1. The van der Waals surface area contributed by atoms with Crippen molar-refractivity contribution in [2.24, 2.45) is 0 Å². The van der Waals surface area contributed by atoms with Gasteiger partial charge in [0.15, 0.2) is 0 Å². The molecule has 0 spiro atoms. The Morgan fingerprint density at radius 3 is 2.68 bits per heavy atom. The van der Waals surface area contributed by atoms with Crippen LogP contribution in [0.2, 0.25) is 0 Å². The summed E-state index contributed by atoms with van der Waals surface area (Å²) in [5.74, 6) is -0.127. The van der Waals surface area contributed by atoms with Gasteiger partial charge in [0.2, 0.25) is 0 Å². The van der Waals surface area contributed by atoms with Crippen LogP contribution in [0.1, 0.15) is 16.1 Å². The molecular formula is C17H16N4O. The van der Waals surface area contributed by atoms with E-state index in [1.165, 1.54) is 0 Å². The van der Waals surface area contributed by atoms with E-state index in [2.05, 4.69) is 15.4 Å². The van der Waals surface area contributed by atoms with Gasteiger partial charge in [-0.3, -0.25) is 9.78 Å². The standard InChI is InChI=1S/C17H16N4O/c22-17(19-11-9-15-6-4-5-10-18-15)14-12-20-21(13-14)16-7-2-1-3-8-16/h1-8,10,12-13H,9,11H2,(H,19,22). The number of para-hydroxylation sites is 1. The van der Waals surface area contributed by atoms with Crippen LogP contribution in [-0.4, -0.2) is 27.2 Å². The number of nitrogens with one attached hydrogen (secondary N) is 1. The van der Waals surface area contributed by atoms with Gasteiger partial charge in [0, 0.05) is 31.1 Å². The predicted molar refractivity (Wildman–Crippen MR) is 83.8 cm³/mol. The van der Waals surface area contributed by atoms with Crippen LogP contribution in [0.5, 0.6) is 0 Å². The Labute approximate surface area is 128 Å². The summed E-state index contributed by atoms with van der Waals surface area (Å²) >= 11 is 0. The minimum atomic E-state index is -0.127. The van der Waals surface area contributed by atoms with Gasteiger partial charge < -0.3 is 5.32 Å². The Kier molecular flexibility index (Phi) is 4.25. The number of nitrogens with zero attached hydrogens (tertiary/aromatic N) is 3. The monoisotopic (exact) mass is 292 g/mol. The zero-order chi connectivity index (χ0) is 15.2. The number of carbonyl (C=O) groups excluding carboxylic acids is 1. The minimum absolute atomic E-state index is 0.127. The number of hydrogen-bond acceptors (Lipinski definition) is 3. The first-order chi connectivity index (χ1) is 10.8. The number of carbonyl (C=O) groups is 1. The summed E-state index contributed by atoms with van der Waals surface area (Å²) < 4.78 is 1.69. The van der Waals surface area contributed by atoms with Gasteiger partial charge in [0.25, 0.3) is 5.91 Å². The van der Waals surface area contributed by atoms with Crippen molar-refractivity contribution < 1.29 is 4.79 Å². The van der Waals surface area contributed by atoms with E-state index in [1.807, 2.05) is 48.5 Å². The zero-order valence-electron chi connectivity index (χ0n) is 12.0. The molecule has 110 valence electrons. The molecule has 0 saturated carbocycles. The molecule has 0 bridgehead atoms. The first-order valence-corrected chi connectivity index (χ1v) is 7.11. The van der Waals surface area contributed by atoms with E-state index < -0.39 is 0 Å². The van der Waals surface area contributed by atoms with Gasteiger partial charge in [-0.05, 0) is 24.3 Å². The molecule has 0 aliphatic carbocycles. The van der Waals surface area contributed by atoms with Gasteiger partial charge in [-0.15, -0.1) is 0 Å². The average molecular weight is 292 g/mol. The molecule has 1 aromatic carbocycles. The molecule has 0 aliphatic heterocycles. The molecule has 0 aliphatic rings. The second-order valence-corrected chi connectivity index (χ2v) is 4.84. The Balaban J connectivity index is 1.58. The molecular weight excluding hydrogens is 276 g/mol. The highest BCUT2D eigenvalue weighted by atomic mass is 16.1. The fourth-order valence-electron chi connectivity index (χ4n) is 2.11. The van der Waals surface area contributed by atoms with Crippen LogP contribution in [0.15, 0.2) is 67.1 Å². The van der Waals surface area contributed by atoms with Crippen LogP contribution < -0.4 is 5.32 Å². The van der Waals surface area contributed by atoms with E-state index >= 15 is 0 Å². The maximum absolute atomic E-state index is 12.1. The Morgan fingerprint density at radius 2 is 1.91 bits per heavy atom. The lowest BCUT2D eigenvalue weighted by Crippen LogP contribution is -2.25. The molecule has 0 atom stereocenters. The average Bonchev–Trinajstić information content (AvgIpc) is 3.07. The number of aromatic nitrogens is 3. The lowest BCUT2D eigenvalue weighted by Gasteiger charge is -2.03. The Hall–Kier alpha value is -2.95. The van der Waals surface area contributed by atoms with E-state index in [4.69, 9.17) is 0 Å². The van der Waals surface area contributed by atoms with Gasteiger partial charge in [0.1, 0.15) is 0 Å². The van der Waals surface area contributed by atoms with Crippen LogP contribution in [-0.2, 0) is 6.42 Å². The first-order valence-electron chi connectivity index (χ1n) is 7.11. The fourth-order valence-corrected chi connectivity index (χ4v) is 2.11. The molecule has 0 radical (unpaired) electrons. The summed E-state index contributed by atoms with van der Waals surface area (Å²) in [6, 6.07) is 15.4. The second kappa shape index (κ2) is 6.67. The van der Waals surface area contributed by atoms with E-state index in [9.17, 15) is 4.79 Å². The molecule has 5 heteroatoms. The third-order valence-electron chi connectivity index (χ3n) is 3.26. The normalized spacial score (nSPS) is 10.4. The van der Waals surface area contributed by atoms with Crippen molar-refractivity contribution in [3.63, 3.8) is 0 Å². The number of hydrogen-bond donors (Lipinski definition) is 1. The van der Waals surface area contributed by atoms with Crippen LogP contribution in [0, 0.1) is 0 Å². The summed E-state index contributed by atoms with van der Waals surface area (Å²) in [7, 11) is 0. The van der Waals surface area contributed by atoms with E-state index in [0.29, 0.717) is 18.5 Å². The van der Waals surface area contributed by atoms with Crippen LogP contribution >= 0.6 is 0 Å². The van der Waals surface area contributed by atoms with Gasteiger partial charge >= 0.3 is 0 Å². The van der Waals surface area contributed by atoms with Crippen LogP contribution in [0.4, 0.5) is 0 Å². The molecule has 3 aromatic rings. The highest BCUT2D eigenvalue weighted by molar-refractivity contribution is 5.93. The maximum atomic E-state index is 12.1. The summed E-state index contributed by atoms with van der Waals surface area (Å²) in [5, 5.41) is 7.10. The Bertz CT molecular complexity index is 738. The fraction of sp³-hybridized carbons (Fsp3) is 0.118. The quantitative estimate of drug-likeness (QED) is 0.784. The van der Waals surface area contributed by atoms with Crippen molar-refractivity contribution in [3.8, 4) is 5.69 Å². The van der Waals surface area contributed by atoms with Gasteiger partial charge in [0.05, 0.1) is 17.4 Å². The highest BCUT2D eigenvalue weighted by Gasteiger charge is 2.08. The number of pyridine rings is 1. The van der Waals surface area contributed by atoms with Crippen molar-refractivity contribution in [1.29, 1.82) is 0 Å². The lowest BCUT2D eigenvalue weighted by molar-refractivity contribution is 0.0954. The Morgan fingerprint density at radius 1 is 1.09 bits per heavy atom. The largest absolute Gasteiger partial charge is 0.352 e. The molecule has 2 aromatic heterocycles. The third-order valence-corrected chi connectivity index (χ3v) is 3.26.